The highest BCUT2D eigenvalue weighted by molar-refractivity contribution is 9.10. The first-order chi connectivity index (χ1) is 9.41. The van der Waals surface area contributed by atoms with E-state index in [1.165, 1.54) is 0 Å². The summed E-state index contributed by atoms with van der Waals surface area (Å²) in [6.45, 7) is 1.75. The number of aromatic amines is 1. The Bertz CT molecular complexity index is 701. The molecule has 1 aromatic heterocycles. The highest BCUT2D eigenvalue weighted by Crippen LogP contribution is 2.27. The van der Waals surface area contributed by atoms with Crippen LogP contribution in [-0.2, 0) is 0 Å². The van der Waals surface area contributed by atoms with Crippen LogP contribution in [0.15, 0.2) is 22.7 Å². The van der Waals surface area contributed by atoms with E-state index in [4.69, 9.17) is 11.6 Å². The number of aromatic nitrogens is 2. The minimum Gasteiger partial charge on any atom is -0.358 e. The SMILES string of the molecule is Cc1c(Cl)cccc1NC(=O)c1n[nH]c([N+](=O)[O-])c1Br. The molecule has 2 aromatic rings. The Morgan fingerprint density at radius 3 is 2.85 bits per heavy atom. The first kappa shape index (κ1) is 14.5. The van der Waals surface area contributed by atoms with E-state index in [2.05, 4.69) is 31.4 Å². The number of rotatable bonds is 3. The molecule has 1 heterocycles. The van der Waals surface area contributed by atoms with Crippen LogP contribution in [0.4, 0.5) is 11.5 Å². The number of hydrogen-bond donors (Lipinski definition) is 2. The molecule has 0 unspecified atom stereocenters. The van der Waals surface area contributed by atoms with Crippen molar-refractivity contribution >= 4 is 44.9 Å². The van der Waals surface area contributed by atoms with Crippen molar-refractivity contribution in [3.05, 3.63) is 49.1 Å². The molecule has 0 fully saturated rings. The first-order valence-corrected chi connectivity index (χ1v) is 6.53. The molecule has 0 saturated heterocycles. The second kappa shape index (κ2) is 5.59. The van der Waals surface area contributed by atoms with Gasteiger partial charge in [-0.25, -0.2) is 0 Å². The summed E-state index contributed by atoms with van der Waals surface area (Å²) >= 11 is 8.93. The number of hydrogen-bond acceptors (Lipinski definition) is 4. The van der Waals surface area contributed by atoms with Crippen LogP contribution in [0.1, 0.15) is 16.1 Å². The zero-order valence-electron chi connectivity index (χ0n) is 10.1. The maximum absolute atomic E-state index is 12.0. The summed E-state index contributed by atoms with van der Waals surface area (Å²) in [4.78, 5) is 22.0. The third-order valence-corrected chi connectivity index (χ3v) is 3.76. The van der Waals surface area contributed by atoms with Crippen LogP contribution in [0.5, 0.6) is 0 Å². The average molecular weight is 360 g/mol. The largest absolute Gasteiger partial charge is 0.358 e. The molecule has 0 aliphatic carbocycles. The normalized spacial score (nSPS) is 10.3. The fourth-order valence-electron chi connectivity index (χ4n) is 1.51. The van der Waals surface area contributed by atoms with Crippen molar-refractivity contribution in [3.63, 3.8) is 0 Å². The van der Waals surface area contributed by atoms with Crippen LogP contribution in [0, 0.1) is 17.0 Å². The number of carbonyl (C=O) groups excluding carboxylic acids is 1. The molecule has 1 amide bonds. The summed E-state index contributed by atoms with van der Waals surface area (Å²) < 4.78 is -0.000295. The zero-order chi connectivity index (χ0) is 14.9. The van der Waals surface area contributed by atoms with Gasteiger partial charge in [0.1, 0.15) is 4.47 Å². The number of halogens is 2. The number of carbonyl (C=O) groups is 1. The third-order valence-electron chi connectivity index (χ3n) is 2.60. The predicted molar refractivity (Wildman–Crippen MR) is 77.1 cm³/mol. The highest BCUT2D eigenvalue weighted by atomic mass is 79.9. The Hall–Kier alpha value is -1.93. The van der Waals surface area contributed by atoms with Crippen molar-refractivity contribution in [2.45, 2.75) is 6.92 Å². The van der Waals surface area contributed by atoms with Crippen LogP contribution < -0.4 is 5.32 Å². The standard InChI is InChI=1S/C11H8BrClN4O3/c1-5-6(13)3-2-4-7(5)14-11(18)9-8(12)10(16-15-9)17(19)20/h2-4H,1H3,(H,14,18)(H,15,16). The van der Waals surface area contributed by atoms with E-state index in [0.29, 0.717) is 16.3 Å². The van der Waals surface area contributed by atoms with Gasteiger partial charge in [-0.05, 0) is 45.5 Å². The maximum Gasteiger partial charge on any atom is 0.357 e. The van der Waals surface area contributed by atoms with Crippen molar-refractivity contribution in [1.82, 2.24) is 10.2 Å². The van der Waals surface area contributed by atoms with Crippen molar-refractivity contribution in [3.8, 4) is 0 Å². The molecular formula is C11H8BrClN4O3. The van der Waals surface area contributed by atoms with Gasteiger partial charge in [0.15, 0.2) is 5.69 Å². The molecular weight excluding hydrogens is 352 g/mol. The van der Waals surface area contributed by atoms with Crippen LogP contribution in [0.2, 0.25) is 5.02 Å². The van der Waals surface area contributed by atoms with Crippen molar-refractivity contribution in [1.29, 1.82) is 0 Å². The lowest BCUT2D eigenvalue weighted by atomic mass is 10.2. The second-order valence-electron chi connectivity index (χ2n) is 3.86. The summed E-state index contributed by atoms with van der Waals surface area (Å²) in [5.41, 5.74) is 1.11. The summed E-state index contributed by atoms with van der Waals surface area (Å²) in [6.07, 6.45) is 0. The molecule has 0 saturated carbocycles. The molecule has 7 nitrogen and oxygen atoms in total. The quantitative estimate of drug-likeness (QED) is 0.648. The lowest BCUT2D eigenvalue weighted by Gasteiger charge is -2.07. The van der Waals surface area contributed by atoms with Gasteiger partial charge in [0, 0.05) is 10.7 Å². The molecule has 0 bridgehead atoms. The second-order valence-corrected chi connectivity index (χ2v) is 5.06. The molecule has 0 atom stereocenters. The van der Waals surface area contributed by atoms with E-state index in [-0.39, 0.29) is 16.0 Å². The number of benzene rings is 1. The summed E-state index contributed by atoms with van der Waals surface area (Å²) in [5.74, 6) is -0.954. The summed E-state index contributed by atoms with van der Waals surface area (Å²) in [5, 5.41) is 19.6. The Balaban J connectivity index is 2.29. The number of anilines is 1. The molecule has 104 valence electrons. The average Bonchev–Trinajstić information content (AvgIpc) is 2.77. The number of nitrogens with zero attached hydrogens (tertiary/aromatic N) is 2. The molecule has 9 heteroatoms. The Morgan fingerprint density at radius 1 is 1.55 bits per heavy atom. The molecule has 0 radical (unpaired) electrons. The summed E-state index contributed by atoms with van der Waals surface area (Å²) in [6, 6.07) is 5.06. The zero-order valence-corrected chi connectivity index (χ0v) is 12.4. The fourth-order valence-corrected chi connectivity index (χ4v) is 2.19. The summed E-state index contributed by atoms with van der Waals surface area (Å²) in [7, 11) is 0. The predicted octanol–water partition coefficient (Wildman–Crippen LogP) is 3.29. The Kier molecular flexibility index (Phi) is 4.05. The van der Waals surface area contributed by atoms with Gasteiger partial charge in [-0.3, -0.25) is 4.79 Å². The van der Waals surface area contributed by atoms with Gasteiger partial charge >= 0.3 is 5.82 Å². The number of nitro groups is 1. The van der Waals surface area contributed by atoms with Crippen LogP contribution in [0.3, 0.4) is 0 Å². The van der Waals surface area contributed by atoms with Crippen molar-refractivity contribution < 1.29 is 9.72 Å². The number of H-pyrrole nitrogens is 1. The Labute approximate surface area is 126 Å². The monoisotopic (exact) mass is 358 g/mol. The third kappa shape index (κ3) is 2.66. The molecule has 2 N–H and O–H groups in total. The fraction of sp³-hybridized carbons (Fsp3) is 0.0909. The Morgan fingerprint density at radius 2 is 2.25 bits per heavy atom. The van der Waals surface area contributed by atoms with E-state index in [1.807, 2.05) is 0 Å². The van der Waals surface area contributed by atoms with Gasteiger partial charge in [0.25, 0.3) is 5.91 Å². The molecule has 1 aromatic carbocycles. The highest BCUT2D eigenvalue weighted by Gasteiger charge is 2.25. The van der Waals surface area contributed by atoms with Gasteiger partial charge in [0.05, 0.1) is 0 Å². The molecule has 0 spiro atoms. The van der Waals surface area contributed by atoms with E-state index in [0.717, 1.165) is 0 Å². The topological polar surface area (TPSA) is 101 Å². The molecule has 0 aliphatic heterocycles. The van der Waals surface area contributed by atoms with Gasteiger partial charge in [-0.1, -0.05) is 22.8 Å². The van der Waals surface area contributed by atoms with E-state index in [1.54, 1.807) is 25.1 Å². The first-order valence-electron chi connectivity index (χ1n) is 5.36. The van der Waals surface area contributed by atoms with Gasteiger partial charge in [-0.15, -0.1) is 5.10 Å². The van der Waals surface area contributed by atoms with Crippen molar-refractivity contribution in [2.24, 2.45) is 0 Å². The van der Waals surface area contributed by atoms with Crippen LogP contribution in [0.25, 0.3) is 0 Å². The lowest BCUT2D eigenvalue weighted by Crippen LogP contribution is -2.14. The smallest absolute Gasteiger partial charge is 0.357 e. The van der Waals surface area contributed by atoms with Crippen LogP contribution in [-0.4, -0.2) is 21.0 Å². The van der Waals surface area contributed by atoms with Crippen LogP contribution >= 0.6 is 27.5 Å². The van der Waals surface area contributed by atoms with E-state index >= 15 is 0 Å². The number of nitrogens with one attached hydrogen (secondary N) is 2. The van der Waals surface area contributed by atoms with Gasteiger partial charge in [-0.2, -0.15) is 0 Å². The maximum atomic E-state index is 12.0. The molecule has 0 aliphatic rings. The van der Waals surface area contributed by atoms with E-state index < -0.39 is 10.8 Å². The molecule has 20 heavy (non-hydrogen) atoms. The number of amides is 1. The van der Waals surface area contributed by atoms with Gasteiger partial charge in [0.2, 0.25) is 0 Å². The van der Waals surface area contributed by atoms with E-state index in [9.17, 15) is 14.9 Å². The molecule has 2 rings (SSSR count). The minimum atomic E-state index is -0.668. The lowest BCUT2D eigenvalue weighted by molar-refractivity contribution is -0.390. The minimum absolute atomic E-state index is 0.000295. The van der Waals surface area contributed by atoms with Crippen molar-refractivity contribution in [2.75, 3.05) is 5.32 Å². The van der Waals surface area contributed by atoms with Gasteiger partial charge < -0.3 is 15.4 Å².